The van der Waals surface area contributed by atoms with Crippen molar-refractivity contribution in [3.05, 3.63) is 59.8 Å². The Morgan fingerprint density at radius 3 is 2.66 bits per heavy atom. The van der Waals surface area contributed by atoms with Crippen LogP contribution < -0.4 is 10.1 Å². The number of hydrogen-bond acceptors (Lipinski definition) is 5. The van der Waals surface area contributed by atoms with Crippen molar-refractivity contribution in [2.75, 3.05) is 25.5 Å². The van der Waals surface area contributed by atoms with Crippen molar-refractivity contribution in [3.8, 4) is 11.8 Å². The Morgan fingerprint density at radius 2 is 1.89 bits per heavy atom. The average molecular weight is 510 g/mol. The second-order valence-electron chi connectivity index (χ2n) is 11.2. The van der Waals surface area contributed by atoms with Crippen molar-refractivity contribution in [3.63, 3.8) is 0 Å². The van der Waals surface area contributed by atoms with Crippen LogP contribution in [-0.2, 0) is 15.0 Å². The first-order valence-electron chi connectivity index (χ1n) is 13.0. The number of carbonyl (C=O) groups excluding carboxylic acids is 3. The van der Waals surface area contributed by atoms with E-state index in [1.165, 1.54) is 0 Å². The molecule has 3 aliphatic heterocycles. The minimum atomic E-state index is -0.953. The molecule has 1 aromatic heterocycles. The van der Waals surface area contributed by atoms with Crippen LogP contribution >= 0.6 is 0 Å². The molecule has 4 aliphatic rings. The summed E-state index contributed by atoms with van der Waals surface area (Å²) in [5, 5.41) is 13.8. The lowest BCUT2D eigenvalue weighted by Crippen LogP contribution is -2.50. The molecule has 3 fully saturated rings. The van der Waals surface area contributed by atoms with Gasteiger partial charge in [-0.2, -0.15) is 5.26 Å². The highest BCUT2D eigenvalue weighted by Crippen LogP contribution is 2.56. The van der Waals surface area contributed by atoms with E-state index < -0.39 is 17.5 Å². The minimum Gasteiger partial charge on any atom is -0.496 e. The first-order chi connectivity index (χ1) is 18.4. The molecule has 4 heterocycles. The molecule has 9 nitrogen and oxygen atoms in total. The highest BCUT2D eigenvalue weighted by Gasteiger charge is 2.60. The number of amides is 3. The number of rotatable bonds is 3. The summed E-state index contributed by atoms with van der Waals surface area (Å²) in [6.45, 7) is 0.635. The van der Waals surface area contributed by atoms with E-state index in [1.54, 1.807) is 23.0 Å². The number of carbonyl (C=O) groups is 3. The van der Waals surface area contributed by atoms with Crippen LogP contribution in [0.5, 0.6) is 5.75 Å². The van der Waals surface area contributed by atoms with Crippen molar-refractivity contribution < 1.29 is 19.1 Å². The van der Waals surface area contributed by atoms with E-state index in [0.29, 0.717) is 24.4 Å². The molecule has 1 saturated carbocycles. The van der Waals surface area contributed by atoms with Gasteiger partial charge in [0.15, 0.2) is 0 Å². The number of ether oxygens (including phenoxy) is 1. The van der Waals surface area contributed by atoms with Gasteiger partial charge in [0.1, 0.15) is 23.5 Å². The van der Waals surface area contributed by atoms with E-state index in [9.17, 15) is 19.6 Å². The Morgan fingerprint density at radius 1 is 1.08 bits per heavy atom. The van der Waals surface area contributed by atoms with Crippen LogP contribution in [0.15, 0.2) is 48.5 Å². The summed E-state index contributed by atoms with van der Waals surface area (Å²) < 4.78 is 5.45. The zero-order valence-corrected chi connectivity index (χ0v) is 21.0. The number of benzene rings is 2. The number of nitrogens with one attached hydrogen (secondary N) is 2. The van der Waals surface area contributed by atoms with E-state index >= 15 is 0 Å². The number of likely N-dealkylation sites (tertiary alicyclic amines) is 2. The van der Waals surface area contributed by atoms with Crippen LogP contribution in [0.1, 0.15) is 41.7 Å². The predicted molar refractivity (Wildman–Crippen MR) is 138 cm³/mol. The Balaban J connectivity index is 1.21. The zero-order chi connectivity index (χ0) is 26.2. The molecule has 2 saturated heterocycles. The second-order valence-corrected chi connectivity index (χ2v) is 11.2. The highest BCUT2D eigenvalue weighted by molar-refractivity contribution is 6.07. The van der Waals surface area contributed by atoms with Gasteiger partial charge in [-0.15, -0.1) is 0 Å². The van der Waals surface area contributed by atoms with Gasteiger partial charge in [0.2, 0.25) is 11.8 Å². The molecule has 0 bridgehead atoms. The molecule has 0 unspecified atom stereocenters. The van der Waals surface area contributed by atoms with Gasteiger partial charge in [-0.3, -0.25) is 14.4 Å². The molecule has 3 amide bonds. The van der Waals surface area contributed by atoms with Crippen LogP contribution in [0.3, 0.4) is 0 Å². The van der Waals surface area contributed by atoms with E-state index in [0.717, 1.165) is 35.0 Å². The minimum absolute atomic E-state index is 0.0451. The van der Waals surface area contributed by atoms with Crippen LogP contribution in [0.25, 0.3) is 10.9 Å². The topological polar surface area (TPSA) is 119 Å². The van der Waals surface area contributed by atoms with Gasteiger partial charge < -0.3 is 24.8 Å². The van der Waals surface area contributed by atoms with Crippen molar-refractivity contribution in [2.45, 2.75) is 43.2 Å². The zero-order valence-electron chi connectivity index (χ0n) is 21.0. The third-order valence-corrected chi connectivity index (χ3v) is 9.00. The van der Waals surface area contributed by atoms with Gasteiger partial charge in [-0.1, -0.05) is 24.3 Å². The molecule has 2 spiro atoms. The molecule has 38 heavy (non-hydrogen) atoms. The van der Waals surface area contributed by atoms with Crippen molar-refractivity contribution in [2.24, 2.45) is 5.41 Å². The molecule has 9 heteroatoms. The van der Waals surface area contributed by atoms with E-state index in [-0.39, 0.29) is 36.1 Å². The number of anilines is 1. The summed E-state index contributed by atoms with van der Waals surface area (Å²) in [5.74, 6) is -0.00711. The summed E-state index contributed by atoms with van der Waals surface area (Å²) in [5.41, 5.74) is 1.74. The quantitative estimate of drug-likeness (QED) is 0.562. The van der Waals surface area contributed by atoms with Crippen LogP contribution in [0, 0.1) is 16.7 Å². The molecule has 3 atom stereocenters. The van der Waals surface area contributed by atoms with Crippen molar-refractivity contribution in [1.29, 1.82) is 5.26 Å². The smallest absolute Gasteiger partial charge is 0.271 e. The van der Waals surface area contributed by atoms with Crippen LogP contribution in [-0.4, -0.2) is 64.8 Å². The summed E-state index contributed by atoms with van der Waals surface area (Å²) >= 11 is 0. The maximum Gasteiger partial charge on any atom is 0.271 e. The fourth-order valence-corrected chi connectivity index (χ4v) is 6.78. The molecule has 2 N–H and O–H groups in total. The third-order valence-electron chi connectivity index (χ3n) is 9.00. The standard InChI is InChI=1S/C29H27N5O4/c1-38-24-8-4-7-20-18(24)11-22(31-20)25(35)34-15-28(9-10-28)13-23(34)26(36)33-16-29(12-17(33)14-30)19-5-2-3-6-21(19)32-27(29)37/h2-8,11,17,23,31H,9-10,12-13,15-16H2,1H3,(H,32,37)/t17-,23-,29-/m0/s1. The summed E-state index contributed by atoms with van der Waals surface area (Å²) in [7, 11) is 1.59. The Bertz CT molecular complexity index is 1570. The Hall–Kier alpha value is -4.32. The molecule has 192 valence electrons. The normalized spacial score (nSPS) is 26.6. The predicted octanol–water partition coefficient (Wildman–Crippen LogP) is 3.19. The first-order valence-corrected chi connectivity index (χ1v) is 13.0. The number of aromatic amines is 1. The number of hydrogen-bond donors (Lipinski definition) is 2. The number of aromatic nitrogens is 1. The fourth-order valence-electron chi connectivity index (χ4n) is 6.78. The molecular weight excluding hydrogens is 482 g/mol. The summed E-state index contributed by atoms with van der Waals surface area (Å²) in [6.07, 6.45) is 2.77. The van der Waals surface area contributed by atoms with Crippen molar-refractivity contribution >= 4 is 34.3 Å². The van der Waals surface area contributed by atoms with Crippen LogP contribution in [0.4, 0.5) is 5.69 Å². The fraction of sp³-hybridized carbons (Fsp3) is 0.379. The number of methoxy groups -OCH3 is 1. The SMILES string of the molecule is COc1cccc2[nH]c(C(=O)N3CC4(CC4)C[C@H]3C(=O)N3C[C@]4(C[C@H]3C#N)C(=O)Nc3ccccc34)cc12. The number of para-hydroxylation sites is 1. The van der Waals surface area contributed by atoms with Gasteiger partial charge in [0.25, 0.3) is 5.91 Å². The molecule has 0 radical (unpaired) electrons. The lowest BCUT2D eigenvalue weighted by atomic mass is 9.80. The van der Waals surface area contributed by atoms with Crippen molar-refractivity contribution in [1.82, 2.24) is 14.8 Å². The van der Waals surface area contributed by atoms with Gasteiger partial charge in [-0.05, 0) is 54.5 Å². The Kier molecular flexibility index (Phi) is 4.71. The molecule has 1 aliphatic carbocycles. The molecule has 2 aromatic carbocycles. The summed E-state index contributed by atoms with van der Waals surface area (Å²) in [6, 6.07) is 15.7. The molecular formula is C29H27N5O4. The van der Waals surface area contributed by atoms with E-state index in [2.05, 4.69) is 16.4 Å². The number of fused-ring (bicyclic) bond motifs is 3. The largest absolute Gasteiger partial charge is 0.496 e. The highest BCUT2D eigenvalue weighted by atomic mass is 16.5. The van der Waals surface area contributed by atoms with Gasteiger partial charge >= 0.3 is 0 Å². The van der Waals surface area contributed by atoms with Gasteiger partial charge in [0, 0.05) is 36.1 Å². The monoisotopic (exact) mass is 509 g/mol. The van der Waals surface area contributed by atoms with E-state index in [1.807, 2.05) is 42.5 Å². The number of nitrogens with zero attached hydrogens (tertiary/aromatic N) is 3. The van der Waals surface area contributed by atoms with E-state index in [4.69, 9.17) is 4.74 Å². The third kappa shape index (κ3) is 3.13. The summed E-state index contributed by atoms with van der Waals surface area (Å²) in [4.78, 5) is 47.6. The van der Waals surface area contributed by atoms with Crippen LogP contribution in [0.2, 0.25) is 0 Å². The van der Waals surface area contributed by atoms with Gasteiger partial charge in [0.05, 0.1) is 18.6 Å². The number of nitriles is 1. The first kappa shape index (κ1) is 22.8. The number of H-pyrrole nitrogens is 1. The maximum absolute atomic E-state index is 14.1. The lowest BCUT2D eigenvalue weighted by Gasteiger charge is -2.29. The van der Waals surface area contributed by atoms with Gasteiger partial charge in [-0.25, -0.2) is 0 Å². The lowest BCUT2D eigenvalue weighted by molar-refractivity contribution is -0.135. The molecule has 7 rings (SSSR count). The second kappa shape index (κ2) is 7.84. The molecule has 3 aromatic rings. The Labute approximate surface area is 219 Å². The maximum atomic E-state index is 14.1. The average Bonchev–Trinajstić information content (AvgIpc) is 3.26.